The summed E-state index contributed by atoms with van der Waals surface area (Å²) < 4.78 is 7.24. The Hall–Kier alpha value is -2.02. The molecule has 1 unspecified atom stereocenters. The van der Waals surface area contributed by atoms with Gasteiger partial charge >= 0.3 is 5.97 Å². The van der Waals surface area contributed by atoms with Crippen molar-refractivity contribution in [2.24, 2.45) is 7.05 Å². The third-order valence-corrected chi connectivity index (χ3v) is 4.08. The highest BCUT2D eigenvalue weighted by atomic mass is 32.2. The van der Waals surface area contributed by atoms with E-state index in [-0.39, 0.29) is 11.7 Å². The Morgan fingerprint density at radius 3 is 3.15 bits per heavy atom. The van der Waals surface area contributed by atoms with Crippen molar-refractivity contribution in [2.75, 3.05) is 12.4 Å². The maximum atomic E-state index is 10.6. The van der Waals surface area contributed by atoms with E-state index in [1.165, 1.54) is 11.8 Å². The van der Waals surface area contributed by atoms with Gasteiger partial charge in [0.05, 0.1) is 11.7 Å². The van der Waals surface area contributed by atoms with Crippen LogP contribution in [0.25, 0.3) is 0 Å². The Kier molecular flexibility index (Phi) is 3.35. The van der Waals surface area contributed by atoms with Crippen molar-refractivity contribution in [3.05, 3.63) is 35.7 Å². The summed E-state index contributed by atoms with van der Waals surface area (Å²) in [7, 11) is 1.77. The summed E-state index contributed by atoms with van der Waals surface area (Å²) >= 11 is 1.17. The first kappa shape index (κ1) is 13.0. The second-order valence-electron chi connectivity index (χ2n) is 4.46. The number of carbonyl (C=O) groups is 1. The smallest absolute Gasteiger partial charge is 0.313 e. The summed E-state index contributed by atoms with van der Waals surface area (Å²) in [6.45, 7) is 0.520. The van der Waals surface area contributed by atoms with E-state index in [1.54, 1.807) is 11.7 Å². The zero-order chi connectivity index (χ0) is 14.1. The van der Waals surface area contributed by atoms with Gasteiger partial charge < -0.3 is 9.84 Å². The molecule has 0 radical (unpaired) electrons. The Balaban J connectivity index is 1.85. The molecule has 2 aromatic rings. The van der Waals surface area contributed by atoms with Crippen LogP contribution in [-0.4, -0.2) is 38.2 Å². The van der Waals surface area contributed by atoms with Gasteiger partial charge in [-0.05, 0) is 6.07 Å². The highest BCUT2D eigenvalue weighted by Crippen LogP contribution is 2.36. The predicted octanol–water partition coefficient (Wildman–Crippen LogP) is 1.52. The van der Waals surface area contributed by atoms with Crippen molar-refractivity contribution in [3.63, 3.8) is 0 Å². The lowest BCUT2D eigenvalue weighted by molar-refractivity contribution is -0.133. The number of benzene rings is 1. The molecule has 1 aliphatic rings. The van der Waals surface area contributed by atoms with Crippen molar-refractivity contribution < 1.29 is 14.6 Å². The monoisotopic (exact) mass is 291 g/mol. The number of aromatic nitrogens is 3. The Morgan fingerprint density at radius 2 is 2.35 bits per heavy atom. The lowest BCUT2D eigenvalue weighted by atomic mass is 10.0. The first-order valence-electron chi connectivity index (χ1n) is 6.12. The van der Waals surface area contributed by atoms with Crippen LogP contribution in [-0.2, 0) is 11.8 Å². The molecule has 0 saturated heterocycles. The van der Waals surface area contributed by atoms with Gasteiger partial charge in [0.1, 0.15) is 12.4 Å². The van der Waals surface area contributed by atoms with E-state index in [1.807, 2.05) is 24.3 Å². The fraction of sp³-hybridized carbons (Fsp3) is 0.308. The second-order valence-corrected chi connectivity index (χ2v) is 5.40. The molecule has 1 aromatic heterocycles. The highest BCUT2D eigenvalue weighted by Gasteiger charge is 2.29. The SMILES string of the molecule is Cn1nc(C2COc3ccccc32)nc1SCC(=O)O. The highest BCUT2D eigenvalue weighted by molar-refractivity contribution is 7.99. The number of nitrogens with zero attached hydrogens (tertiary/aromatic N) is 3. The Labute approximate surface area is 119 Å². The van der Waals surface area contributed by atoms with E-state index in [2.05, 4.69) is 10.1 Å². The summed E-state index contributed by atoms with van der Waals surface area (Å²) in [6.07, 6.45) is 0. The number of aliphatic carboxylic acids is 1. The molecule has 0 spiro atoms. The van der Waals surface area contributed by atoms with Crippen LogP contribution < -0.4 is 4.74 Å². The summed E-state index contributed by atoms with van der Waals surface area (Å²) in [5, 5.41) is 13.7. The molecular weight excluding hydrogens is 278 g/mol. The van der Waals surface area contributed by atoms with E-state index in [4.69, 9.17) is 9.84 Å². The number of rotatable bonds is 4. The van der Waals surface area contributed by atoms with E-state index >= 15 is 0 Å². The summed E-state index contributed by atoms with van der Waals surface area (Å²) in [5.74, 6) is 0.657. The van der Waals surface area contributed by atoms with Gasteiger partial charge in [0, 0.05) is 12.6 Å². The fourth-order valence-corrected chi connectivity index (χ4v) is 2.80. The minimum Gasteiger partial charge on any atom is -0.492 e. The molecule has 0 saturated carbocycles. The van der Waals surface area contributed by atoms with Crippen LogP contribution >= 0.6 is 11.8 Å². The average molecular weight is 291 g/mol. The fourth-order valence-electron chi connectivity index (χ4n) is 2.17. The van der Waals surface area contributed by atoms with Crippen LogP contribution in [0.15, 0.2) is 29.4 Å². The molecule has 6 nitrogen and oxygen atoms in total. The number of carboxylic acids is 1. The molecule has 0 aliphatic carbocycles. The maximum Gasteiger partial charge on any atom is 0.313 e. The number of thioether (sulfide) groups is 1. The van der Waals surface area contributed by atoms with Crippen molar-refractivity contribution in [1.29, 1.82) is 0 Å². The first-order chi connectivity index (χ1) is 9.65. The molecule has 0 fully saturated rings. The summed E-state index contributed by atoms with van der Waals surface area (Å²) in [5.41, 5.74) is 1.08. The van der Waals surface area contributed by atoms with Crippen LogP contribution in [0.2, 0.25) is 0 Å². The quantitative estimate of drug-likeness (QED) is 0.861. The molecule has 20 heavy (non-hydrogen) atoms. The number of fused-ring (bicyclic) bond motifs is 1. The second kappa shape index (κ2) is 5.16. The van der Waals surface area contributed by atoms with Crippen LogP contribution in [0.1, 0.15) is 17.3 Å². The van der Waals surface area contributed by atoms with Gasteiger partial charge in [0.25, 0.3) is 0 Å². The van der Waals surface area contributed by atoms with E-state index < -0.39 is 5.97 Å². The molecule has 2 heterocycles. The van der Waals surface area contributed by atoms with Gasteiger partial charge in [-0.25, -0.2) is 9.67 Å². The van der Waals surface area contributed by atoms with E-state index in [0.717, 1.165) is 11.3 Å². The molecular formula is C13H13N3O3S. The maximum absolute atomic E-state index is 10.6. The zero-order valence-electron chi connectivity index (χ0n) is 10.8. The summed E-state index contributed by atoms with van der Waals surface area (Å²) in [6, 6.07) is 7.83. The van der Waals surface area contributed by atoms with E-state index in [9.17, 15) is 4.79 Å². The van der Waals surface area contributed by atoms with Gasteiger partial charge in [-0.1, -0.05) is 30.0 Å². The standard InChI is InChI=1S/C13H13N3O3S/c1-16-13(20-7-11(17)18)14-12(15-16)9-6-19-10-5-3-2-4-8(9)10/h2-5,9H,6-7H2,1H3,(H,17,18). The lowest BCUT2D eigenvalue weighted by Crippen LogP contribution is -2.05. The normalized spacial score (nSPS) is 16.8. The van der Waals surface area contributed by atoms with Crippen molar-refractivity contribution in [2.45, 2.75) is 11.1 Å². The van der Waals surface area contributed by atoms with Crippen molar-refractivity contribution >= 4 is 17.7 Å². The minimum absolute atomic E-state index is 0.0107. The lowest BCUT2D eigenvalue weighted by Gasteiger charge is -2.02. The zero-order valence-corrected chi connectivity index (χ0v) is 11.6. The average Bonchev–Trinajstić information content (AvgIpc) is 3.00. The van der Waals surface area contributed by atoms with Gasteiger partial charge in [-0.3, -0.25) is 4.79 Å². The molecule has 1 atom stereocenters. The number of aryl methyl sites for hydroxylation is 1. The Morgan fingerprint density at radius 1 is 1.55 bits per heavy atom. The molecule has 104 valence electrons. The van der Waals surface area contributed by atoms with Crippen LogP contribution in [0.4, 0.5) is 0 Å². The molecule has 7 heteroatoms. The van der Waals surface area contributed by atoms with E-state index in [0.29, 0.717) is 17.6 Å². The van der Waals surface area contributed by atoms with Gasteiger partial charge in [-0.2, -0.15) is 5.10 Å². The van der Waals surface area contributed by atoms with Gasteiger partial charge in [0.15, 0.2) is 11.0 Å². The predicted molar refractivity (Wildman–Crippen MR) is 73.1 cm³/mol. The molecule has 0 bridgehead atoms. The number of hydrogen-bond donors (Lipinski definition) is 1. The van der Waals surface area contributed by atoms with Crippen LogP contribution in [0, 0.1) is 0 Å². The molecule has 1 aliphatic heterocycles. The van der Waals surface area contributed by atoms with Gasteiger partial charge in [-0.15, -0.1) is 0 Å². The Bertz CT molecular complexity index is 656. The minimum atomic E-state index is -0.867. The van der Waals surface area contributed by atoms with Crippen LogP contribution in [0.5, 0.6) is 5.75 Å². The number of hydrogen-bond acceptors (Lipinski definition) is 5. The van der Waals surface area contributed by atoms with Crippen molar-refractivity contribution in [1.82, 2.24) is 14.8 Å². The van der Waals surface area contributed by atoms with Crippen LogP contribution in [0.3, 0.4) is 0 Å². The molecule has 1 N–H and O–H groups in total. The molecule has 1 aromatic carbocycles. The number of carboxylic acid groups (broad SMARTS) is 1. The summed E-state index contributed by atoms with van der Waals surface area (Å²) in [4.78, 5) is 15.0. The first-order valence-corrected chi connectivity index (χ1v) is 7.11. The topological polar surface area (TPSA) is 77.2 Å². The largest absolute Gasteiger partial charge is 0.492 e. The number of para-hydroxylation sites is 1. The third-order valence-electron chi connectivity index (χ3n) is 3.08. The number of ether oxygens (including phenoxy) is 1. The third kappa shape index (κ3) is 2.36. The molecule has 0 amide bonds. The van der Waals surface area contributed by atoms with Crippen molar-refractivity contribution in [3.8, 4) is 5.75 Å². The van der Waals surface area contributed by atoms with Gasteiger partial charge in [0.2, 0.25) is 0 Å². The molecule has 3 rings (SSSR count).